The predicted octanol–water partition coefficient (Wildman–Crippen LogP) is 2.92. The Hall–Kier alpha value is -1.63. The fourth-order valence-electron chi connectivity index (χ4n) is 2.08. The summed E-state index contributed by atoms with van der Waals surface area (Å²) in [5, 5.41) is 9.08. The van der Waals surface area contributed by atoms with Crippen LogP contribution < -0.4 is 4.74 Å². The Kier molecular flexibility index (Phi) is 2.55. The first-order valence-corrected chi connectivity index (χ1v) is 5.08. The van der Waals surface area contributed by atoms with Crippen molar-refractivity contribution in [2.24, 2.45) is 0 Å². The second-order valence-corrected chi connectivity index (χ2v) is 3.99. The lowest BCUT2D eigenvalue weighted by Gasteiger charge is -2.36. The first kappa shape index (κ1) is 10.9. The van der Waals surface area contributed by atoms with Crippen molar-refractivity contribution in [2.45, 2.75) is 24.7 Å². The number of rotatable bonds is 2. The van der Waals surface area contributed by atoms with Crippen molar-refractivity contribution < 1.29 is 13.5 Å². The minimum atomic E-state index is -0.997. The van der Waals surface area contributed by atoms with Gasteiger partial charge in [0.25, 0.3) is 0 Å². The molecule has 0 aliphatic heterocycles. The number of hydrogen-bond acceptors (Lipinski definition) is 2. The lowest BCUT2D eigenvalue weighted by molar-refractivity contribution is 0.293. The fourth-order valence-corrected chi connectivity index (χ4v) is 2.08. The maximum Gasteiger partial charge on any atom is 0.172 e. The van der Waals surface area contributed by atoms with Crippen LogP contribution in [0.1, 0.15) is 24.8 Å². The van der Waals surface area contributed by atoms with Crippen molar-refractivity contribution in [3.63, 3.8) is 0 Å². The van der Waals surface area contributed by atoms with Gasteiger partial charge in [0.2, 0.25) is 0 Å². The van der Waals surface area contributed by atoms with Crippen LogP contribution in [0.2, 0.25) is 0 Å². The van der Waals surface area contributed by atoms with Crippen molar-refractivity contribution in [3.05, 3.63) is 29.3 Å². The maximum atomic E-state index is 13.9. The molecular weight excluding hydrogens is 212 g/mol. The zero-order chi connectivity index (χ0) is 11.8. The number of halogens is 2. The second-order valence-electron chi connectivity index (χ2n) is 3.99. The van der Waals surface area contributed by atoms with Gasteiger partial charge in [0.05, 0.1) is 18.6 Å². The lowest BCUT2D eigenvalue weighted by Crippen LogP contribution is -2.34. The van der Waals surface area contributed by atoms with Gasteiger partial charge in [-0.1, -0.05) is 0 Å². The third-order valence-electron chi connectivity index (χ3n) is 3.18. The van der Waals surface area contributed by atoms with Crippen LogP contribution >= 0.6 is 0 Å². The molecule has 1 saturated carbocycles. The van der Waals surface area contributed by atoms with Crippen LogP contribution in [-0.4, -0.2) is 7.11 Å². The van der Waals surface area contributed by atoms with E-state index in [1.807, 2.05) is 6.07 Å². The maximum absolute atomic E-state index is 13.9. The highest BCUT2D eigenvalue weighted by Crippen LogP contribution is 2.46. The van der Waals surface area contributed by atoms with Crippen molar-refractivity contribution in [3.8, 4) is 11.8 Å². The van der Waals surface area contributed by atoms with Crippen LogP contribution in [0.15, 0.2) is 12.1 Å². The molecule has 0 aromatic heterocycles. The first-order chi connectivity index (χ1) is 7.64. The zero-order valence-electron chi connectivity index (χ0n) is 8.89. The Morgan fingerprint density at radius 2 is 2.06 bits per heavy atom. The number of nitriles is 1. The van der Waals surface area contributed by atoms with Crippen LogP contribution in [-0.2, 0) is 5.41 Å². The van der Waals surface area contributed by atoms with E-state index in [0.29, 0.717) is 12.8 Å². The third kappa shape index (κ3) is 1.35. The molecule has 0 N–H and O–H groups in total. The zero-order valence-corrected chi connectivity index (χ0v) is 8.89. The number of ether oxygens (including phenoxy) is 1. The molecule has 2 nitrogen and oxygen atoms in total. The highest BCUT2D eigenvalue weighted by Gasteiger charge is 2.43. The summed E-state index contributed by atoms with van der Waals surface area (Å²) in [6.07, 6.45) is 1.83. The largest absolute Gasteiger partial charge is 0.494 e. The Balaban J connectivity index is 2.60. The Morgan fingerprint density at radius 3 is 2.50 bits per heavy atom. The van der Waals surface area contributed by atoms with E-state index in [-0.39, 0.29) is 11.3 Å². The number of benzene rings is 1. The molecule has 1 aromatic rings. The Bertz CT molecular complexity index is 461. The van der Waals surface area contributed by atoms with Crippen LogP contribution in [0.4, 0.5) is 8.78 Å². The molecule has 4 heteroatoms. The van der Waals surface area contributed by atoms with E-state index in [1.165, 1.54) is 13.2 Å². The predicted molar refractivity (Wildman–Crippen MR) is 54.1 cm³/mol. The highest BCUT2D eigenvalue weighted by molar-refractivity contribution is 5.42. The van der Waals surface area contributed by atoms with E-state index in [4.69, 9.17) is 10.00 Å². The van der Waals surface area contributed by atoms with Crippen molar-refractivity contribution in [1.29, 1.82) is 5.26 Å². The first-order valence-electron chi connectivity index (χ1n) is 5.08. The summed E-state index contributed by atoms with van der Waals surface area (Å²) in [6, 6.07) is 4.41. The van der Waals surface area contributed by atoms with E-state index >= 15 is 0 Å². The van der Waals surface area contributed by atoms with Crippen LogP contribution in [0, 0.1) is 23.0 Å². The molecule has 1 aliphatic carbocycles. The molecule has 16 heavy (non-hydrogen) atoms. The van der Waals surface area contributed by atoms with Gasteiger partial charge in [0, 0.05) is 5.56 Å². The molecule has 0 atom stereocenters. The summed E-state index contributed by atoms with van der Waals surface area (Å²) in [6.45, 7) is 0. The molecule has 0 radical (unpaired) electrons. The van der Waals surface area contributed by atoms with E-state index in [1.54, 1.807) is 0 Å². The van der Waals surface area contributed by atoms with Crippen molar-refractivity contribution in [1.82, 2.24) is 0 Å². The van der Waals surface area contributed by atoms with Crippen LogP contribution in [0.3, 0.4) is 0 Å². The number of hydrogen-bond donors (Lipinski definition) is 0. The molecule has 1 fully saturated rings. The molecule has 0 unspecified atom stereocenters. The fraction of sp³-hybridized carbons (Fsp3) is 0.417. The summed E-state index contributed by atoms with van der Waals surface area (Å²) >= 11 is 0. The van der Waals surface area contributed by atoms with E-state index in [0.717, 1.165) is 12.5 Å². The average molecular weight is 223 g/mol. The van der Waals surface area contributed by atoms with Crippen LogP contribution in [0.5, 0.6) is 5.75 Å². The Labute approximate surface area is 92.5 Å². The summed E-state index contributed by atoms with van der Waals surface area (Å²) in [4.78, 5) is 0. The molecule has 0 heterocycles. The van der Waals surface area contributed by atoms with Crippen LogP contribution in [0.25, 0.3) is 0 Å². The summed E-state index contributed by atoms with van der Waals surface area (Å²) in [5.74, 6) is -1.43. The minimum Gasteiger partial charge on any atom is -0.494 e. The molecule has 1 aromatic carbocycles. The smallest absolute Gasteiger partial charge is 0.172 e. The van der Waals surface area contributed by atoms with E-state index in [9.17, 15) is 8.78 Å². The van der Waals surface area contributed by atoms with Gasteiger partial charge in [0.15, 0.2) is 11.6 Å². The molecule has 1 aliphatic rings. The standard InChI is InChI=1S/C12H11F2NO/c1-16-9-4-3-8(13)10(11(9)14)12(7-15)5-2-6-12/h3-4H,2,5-6H2,1H3. The van der Waals surface area contributed by atoms with Gasteiger partial charge < -0.3 is 4.74 Å². The van der Waals surface area contributed by atoms with Gasteiger partial charge in [0.1, 0.15) is 5.82 Å². The molecule has 84 valence electrons. The SMILES string of the molecule is COc1ccc(F)c(C2(C#N)CCC2)c1F. The van der Waals surface area contributed by atoms with Gasteiger partial charge in [-0.2, -0.15) is 5.26 Å². The molecule has 0 saturated heterocycles. The third-order valence-corrected chi connectivity index (χ3v) is 3.18. The van der Waals surface area contributed by atoms with Gasteiger partial charge in [-0.3, -0.25) is 0 Å². The summed E-state index contributed by atoms with van der Waals surface area (Å²) in [5.41, 5.74) is -1.14. The van der Waals surface area contributed by atoms with Crippen molar-refractivity contribution >= 4 is 0 Å². The van der Waals surface area contributed by atoms with Gasteiger partial charge in [-0.25, -0.2) is 8.78 Å². The monoisotopic (exact) mass is 223 g/mol. The molecule has 2 rings (SSSR count). The highest BCUT2D eigenvalue weighted by atomic mass is 19.1. The molecule has 0 amide bonds. The summed E-state index contributed by atoms with van der Waals surface area (Å²) < 4.78 is 32.3. The van der Waals surface area contributed by atoms with Gasteiger partial charge in [-0.05, 0) is 31.4 Å². The molecular formula is C12H11F2NO. The topological polar surface area (TPSA) is 33.0 Å². The quantitative estimate of drug-likeness (QED) is 0.772. The normalized spacial score (nSPS) is 17.4. The number of nitrogens with zero attached hydrogens (tertiary/aromatic N) is 1. The minimum absolute atomic E-state index is 0.0158. The molecule has 0 spiro atoms. The average Bonchev–Trinajstić information content (AvgIpc) is 2.22. The van der Waals surface area contributed by atoms with E-state index < -0.39 is 17.0 Å². The van der Waals surface area contributed by atoms with Crippen molar-refractivity contribution in [2.75, 3.05) is 7.11 Å². The summed E-state index contributed by atoms with van der Waals surface area (Å²) in [7, 11) is 1.32. The van der Waals surface area contributed by atoms with Gasteiger partial charge >= 0.3 is 0 Å². The number of methoxy groups -OCH3 is 1. The Morgan fingerprint density at radius 1 is 1.38 bits per heavy atom. The van der Waals surface area contributed by atoms with E-state index in [2.05, 4.69) is 0 Å². The lowest BCUT2D eigenvalue weighted by atomic mass is 9.65. The molecule has 0 bridgehead atoms. The van der Waals surface area contributed by atoms with Gasteiger partial charge in [-0.15, -0.1) is 0 Å². The second kappa shape index (κ2) is 3.75.